The maximum Gasteiger partial charge on any atom is 0.254 e. The number of anilines is 1. The van der Waals surface area contributed by atoms with Crippen molar-refractivity contribution >= 4 is 23.5 Å². The molecule has 0 aliphatic heterocycles. The standard InChI is InChI=1S/C14H22FN3OS/c1-4-16-13-12(15)11(6-8-17-13)14(19)18-10(3)7-9-20-5-2/h6,8,10H,4-5,7,9H2,1-3H3,(H,16,17)(H,18,19). The number of hydrogen-bond donors (Lipinski definition) is 2. The maximum absolute atomic E-state index is 14.1. The summed E-state index contributed by atoms with van der Waals surface area (Å²) in [5, 5.41) is 5.61. The molecule has 0 fully saturated rings. The van der Waals surface area contributed by atoms with Crippen LogP contribution >= 0.6 is 11.8 Å². The third-order valence-electron chi connectivity index (χ3n) is 2.75. The largest absolute Gasteiger partial charge is 0.368 e. The van der Waals surface area contributed by atoms with Crippen LogP contribution in [0.5, 0.6) is 0 Å². The van der Waals surface area contributed by atoms with Crippen molar-refractivity contribution < 1.29 is 9.18 Å². The molecular weight excluding hydrogens is 277 g/mol. The van der Waals surface area contributed by atoms with E-state index in [0.717, 1.165) is 17.9 Å². The molecule has 1 unspecified atom stereocenters. The lowest BCUT2D eigenvalue weighted by molar-refractivity contribution is 0.0935. The van der Waals surface area contributed by atoms with E-state index in [2.05, 4.69) is 22.5 Å². The van der Waals surface area contributed by atoms with Gasteiger partial charge in [0, 0.05) is 18.8 Å². The predicted octanol–water partition coefficient (Wildman–Crippen LogP) is 2.91. The van der Waals surface area contributed by atoms with Crippen molar-refractivity contribution in [1.82, 2.24) is 10.3 Å². The van der Waals surface area contributed by atoms with Crippen LogP contribution < -0.4 is 10.6 Å². The number of halogens is 1. The van der Waals surface area contributed by atoms with Crippen LogP contribution in [0.3, 0.4) is 0 Å². The van der Waals surface area contributed by atoms with E-state index in [-0.39, 0.29) is 17.4 Å². The zero-order valence-electron chi connectivity index (χ0n) is 12.2. The molecule has 1 aromatic rings. The molecule has 1 aromatic heterocycles. The van der Waals surface area contributed by atoms with Crippen molar-refractivity contribution in [3.8, 4) is 0 Å². The number of rotatable bonds is 8. The number of pyridine rings is 1. The molecule has 0 spiro atoms. The summed E-state index contributed by atoms with van der Waals surface area (Å²) >= 11 is 1.83. The van der Waals surface area contributed by atoms with E-state index in [1.165, 1.54) is 12.3 Å². The molecular formula is C14H22FN3OS. The third kappa shape index (κ3) is 5.00. The summed E-state index contributed by atoms with van der Waals surface area (Å²) in [6, 6.07) is 1.43. The molecule has 0 radical (unpaired) electrons. The van der Waals surface area contributed by atoms with Gasteiger partial charge >= 0.3 is 0 Å². The average molecular weight is 299 g/mol. The van der Waals surface area contributed by atoms with Gasteiger partial charge in [0.15, 0.2) is 11.6 Å². The van der Waals surface area contributed by atoms with Gasteiger partial charge in [0.25, 0.3) is 5.91 Å². The fraction of sp³-hybridized carbons (Fsp3) is 0.571. The van der Waals surface area contributed by atoms with Gasteiger partial charge in [-0.15, -0.1) is 0 Å². The Hall–Kier alpha value is -1.30. The topological polar surface area (TPSA) is 54.0 Å². The van der Waals surface area contributed by atoms with E-state index < -0.39 is 11.7 Å². The lowest BCUT2D eigenvalue weighted by Crippen LogP contribution is -2.33. The molecule has 1 amide bonds. The second-order valence-corrected chi connectivity index (χ2v) is 5.81. The first kappa shape index (κ1) is 16.8. The summed E-state index contributed by atoms with van der Waals surface area (Å²) in [6.45, 7) is 6.43. The highest BCUT2D eigenvalue weighted by atomic mass is 32.2. The Kier molecular flexibility index (Phi) is 7.36. The van der Waals surface area contributed by atoms with Gasteiger partial charge in [0.1, 0.15) is 0 Å². The Bertz CT molecular complexity index is 442. The zero-order valence-corrected chi connectivity index (χ0v) is 13.0. The highest BCUT2D eigenvalue weighted by Gasteiger charge is 2.17. The minimum absolute atomic E-state index is 0.0247. The van der Waals surface area contributed by atoms with Gasteiger partial charge in [0.2, 0.25) is 0 Å². The Morgan fingerprint density at radius 2 is 2.25 bits per heavy atom. The number of carbonyl (C=O) groups excluding carboxylic acids is 1. The number of nitrogens with one attached hydrogen (secondary N) is 2. The first-order valence-corrected chi connectivity index (χ1v) is 8.02. The summed E-state index contributed by atoms with van der Waals surface area (Å²) in [5.41, 5.74) is 0.0333. The Morgan fingerprint density at radius 1 is 1.50 bits per heavy atom. The fourth-order valence-electron chi connectivity index (χ4n) is 1.69. The smallest absolute Gasteiger partial charge is 0.254 e. The molecule has 2 N–H and O–H groups in total. The van der Waals surface area contributed by atoms with Gasteiger partial charge in [-0.05, 0) is 37.8 Å². The molecule has 0 aliphatic carbocycles. The van der Waals surface area contributed by atoms with E-state index in [4.69, 9.17) is 0 Å². The highest BCUT2D eigenvalue weighted by molar-refractivity contribution is 7.99. The van der Waals surface area contributed by atoms with Gasteiger partial charge in [-0.3, -0.25) is 4.79 Å². The molecule has 112 valence electrons. The maximum atomic E-state index is 14.1. The first-order chi connectivity index (χ1) is 9.60. The van der Waals surface area contributed by atoms with Crippen LogP contribution in [0.4, 0.5) is 10.2 Å². The van der Waals surface area contributed by atoms with Crippen molar-refractivity contribution in [2.24, 2.45) is 0 Å². The van der Waals surface area contributed by atoms with Gasteiger partial charge in [-0.2, -0.15) is 11.8 Å². The van der Waals surface area contributed by atoms with Crippen molar-refractivity contribution in [3.63, 3.8) is 0 Å². The van der Waals surface area contributed by atoms with E-state index in [1.807, 2.05) is 25.6 Å². The molecule has 0 aromatic carbocycles. The van der Waals surface area contributed by atoms with Crippen LogP contribution in [0.1, 0.15) is 37.6 Å². The van der Waals surface area contributed by atoms with Crippen molar-refractivity contribution in [1.29, 1.82) is 0 Å². The average Bonchev–Trinajstić information content (AvgIpc) is 2.41. The monoisotopic (exact) mass is 299 g/mol. The summed E-state index contributed by atoms with van der Waals surface area (Å²) in [5.74, 6) is 1.18. The summed E-state index contributed by atoms with van der Waals surface area (Å²) in [6.07, 6.45) is 2.31. The second kappa shape index (κ2) is 8.79. The molecule has 1 atom stereocenters. The van der Waals surface area contributed by atoms with Crippen LogP contribution in [0.25, 0.3) is 0 Å². The fourth-order valence-corrected chi connectivity index (χ4v) is 2.50. The van der Waals surface area contributed by atoms with Crippen LogP contribution in [-0.4, -0.2) is 35.0 Å². The SMILES string of the molecule is CCNc1nccc(C(=O)NC(C)CCSCC)c1F. The molecule has 6 heteroatoms. The zero-order chi connectivity index (χ0) is 15.0. The number of thioether (sulfide) groups is 1. The number of aromatic nitrogens is 1. The first-order valence-electron chi connectivity index (χ1n) is 6.87. The number of hydrogen-bond acceptors (Lipinski definition) is 4. The molecule has 4 nitrogen and oxygen atoms in total. The third-order valence-corrected chi connectivity index (χ3v) is 3.69. The number of amides is 1. The van der Waals surface area contributed by atoms with Crippen molar-refractivity contribution in [2.45, 2.75) is 33.2 Å². The molecule has 0 saturated carbocycles. The predicted molar refractivity (Wildman–Crippen MR) is 82.9 cm³/mol. The van der Waals surface area contributed by atoms with E-state index in [1.54, 1.807) is 0 Å². The molecule has 1 heterocycles. The van der Waals surface area contributed by atoms with E-state index >= 15 is 0 Å². The van der Waals surface area contributed by atoms with Gasteiger partial charge < -0.3 is 10.6 Å². The van der Waals surface area contributed by atoms with Crippen molar-refractivity contribution in [2.75, 3.05) is 23.4 Å². The highest BCUT2D eigenvalue weighted by Crippen LogP contribution is 2.15. The Morgan fingerprint density at radius 3 is 2.90 bits per heavy atom. The quantitative estimate of drug-likeness (QED) is 0.725. The van der Waals surface area contributed by atoms with Gasteiger partial charge in [0.05, 0.1) is 5.56 Å². The Labute approximate surface area is 123 Å². The Balaban J connectivity index is 2.65. The number of carbonyl (C=O) groups is 1. The van der Waals surface area contributed by atoms with Crippen LogP contribution in [0.2, 0.25) is 0 Å². The number of nitrogens with zero attached hydrogens (tertiary/aromatic N) is 1. The molecule has 20 heavy (non-hydrogen) atoms. The molecule has 1 rings (SSSR count). The lowest BCUT2D eigenvalue weighted by Gasteiger charge is -2.14. The minimum atomic E-state index is -0.595. The minimum Gasteiger partial charge on any atom is -0.368 e. The normalized spacial score (nSPS) is 12.0. The van der Waals surface area contributed by atoms with Crippen LogP contribution in [-0.2, 0) is 0 Å². The summed E-state index contributed by atoms with van der Waals surface area (Å²) in [7, 11) is 0. The molecule has 0 bridgehead atoms. The van der Waals surface area contributed by atoms with Crippen LogP contribution in [0.15, 0.2) is 12.3 Å². The lowest BCUT2D eigenvalue weighted by atomic mass is 10.2. The van der Waals surface area contributed by atoms with Crippen molar-refractivity contribution in [3.05, 3.63) is 23.6 Å². The van der Waals surface area contributed by atoms with Gasteiger partial charge in [-0.25, -0.2) is 9.37 Å². The van der Waals surface area contributed by atoms with Gasteiger partial charge in [-0.1, -0.05) is 6.92 Å². The molecule has 0 saturated heterocycles. The van der Waals surface area contributed by atoms with E-state index in [9.17, 15) is 9.18 Å². The van der Waals surface area contributed by atoms with Crippen LogP contribution in [0, 0.1) is 5.82 Å². The summed E-state index contributed by atoms with van der Waals surface area (Å²) in [4.78, 5) is 15.9. The second-order valence-electron chi connectivity index (χ2n) is 4.41. The summed E-state index contributed by atoms with van der Waals surface area (Å²) < 4.78 is 14.1. The van der Waals surface area contributed by atoms with E-state index in [0.29, 0.717) is 6.54 Å². The molecule has 0 aliphatic rings.